The molecule has 0 unspecified atom stereocenters. The number of nitrogens with zero attached hydrogens (tertiary/aromatic N) is 1. The Labute approximate surface area is 89.9 Å². The normalized spacial score (nSPS) is 19.3. The van der Waals surface area contributed by atoms with Crippen LogP contribution < -0.4 is 11.1 Å². The zero-order valence-electron chi connectivity index (χ0n) is 8.77. The van der Waals surface area contributed by atoms with E-state index in [2.05, 4.69) is 5.32 Å². The molecule has 1 aliphatic rings. The number of hydrogen-bond acceptors (Lipinski definition) is 4. The number of carbonyl (C=O) groups excluding carboxylic acids is 1. The second-order valence-corrected chi connectivity index (χ2v) is 5.69. The fourth-order valence-corrected chi connectivity index (χ4v) is 2.88. The zero-order chi connectivity index (χ0) is 11.5. The van der Waals surface area contributed by atoms with E-state index in [4.69, 9.17) is 5.73 Å². The Kier molecular flexibility index (Phi) is 4.06. The monoisotopic (exact) mass is 235 g/mol. The van der Waals surface area contributed by atoms with Crippen molar-refractivity contribution in [2.24, 2.45) is 5.73 Å². The highest BCUT2D eigenvalue weighted by atomic mass is 32.2. The summed E-state index contributed by atoms with van der Waals surface area (Å²) in [6, 6.07) is -0.103. The van der Waals surface area contributed by atoms with Crippen molar-refractivity contribution in [1.29, 1.82) is 0 Å². The molecule has 0 saturated carbocycles. The molecule has 1 rings (SSSR count). The van der Waals surface area contributed by atoms with Gasteiger partial charge in [0.05, 0.1) is 12.8 Å². The minimum absolute atomic E-state index is 0.103. The summed E-state index contributed by atoms with van der Waals surface area (Å²) < 4.78 is 24.1. The number of nitrogens with two attached hydrogens (primary N) is 1. The van der Waals surface area contributed by atoms with Crippen LogP contribution in [0.3, 0.4) is 0 Å². The van der Waals surface area contributed by atoms with Gasteiger partial charge in [0.1, 0.15) is 0 Å². The first-order valence-corrected chi connectivity index (χ1v) is 6.72. The molecule has 0 bridgehead atoms. The maximum absolute atomic E-state index is 11.5. The summed E-state index contributed by atoms with van der Waals surface area (Å²) in [5.41, 5.74) is 5.04. The van der Waals surface area contributed by atoms with Gasteiger partial charge in [-0.1, -0.05) is 0 Å². The third kappa shape index (κ3) is 3.77. The topological polar surface area (TPSA) is 92.5 Å². The average molecular weight is 235 g/mol. The Morgan fingerprint density at radius 1 is 1.47 bits per heavy atom. The molecule has 0 aromatic rings. The number of carbonyl (C=O) groups is 1. The molecule has 1 saturated heterocycles. The van der Waals surface area contributed by atoms with Crippen LogP contribution in [0.5, 0.6) is 0 Å². The van der Waals surface area contributed by atoms with E-state index in [1.807, 2.05) is 0 Å². The van der Waals surface area contributed by atoms with Crippen molar-refractivity contribution in [3.05, 3.63) is 0 Å². The van der Waals surface area contributed by atoms with Crippen LogP contribution in [0, 0.1) is 0 Å². The molecule has 1 fully saturated rings. The molecule has 6 nitrogen and oxygen atoms in total. The van der Waals surface area contributed by atoms with Crippen LogP contribution in [0.4, 0.5) is 0 Å². The SMILES string of the molecule is CS(=O)(=O)N(CC(N)=O)C1CCNCC1. The molecular weight excluding hydrogens is 218 g/mol. The van der Waals surface area contributed by atoms with E-state index in [1.54, 1.807) is 0 Å². The molecule has 1 amide bonds. The second-order valence-electron chi connectivity index (χ2n) is 3.76. The molecule has 0 aliphatic carbocycles. The van der Waals surface area contributed by atoms with Crippen molar-refractivity contribution in [2.45, 2.75) is 18.9 Å². The van der Waals surface area contributed by atoms with E-state index in [9.17, 15) is 13.2 Å². The number of sulfonamides is 1. The van der Waals surface area contributed by atoms with Crippen LogP contribution in [0.15, 0.2) is 0 Å². The van der Waals surface area contributed by atoms with Gasteiger partial charge < -0.3 is 11.1 Å². The third-order valence-electron chi connectivity index (χ3n) is 2.45. The maximum Gasteiger partial charge on any atom is 0.232 e. The van der Waals surface area contributed by atoms with Gasteiger partial charge in [0.25, 0.3) is 0 Å². The highest BCUT2D eigenvalue weighted by molar-refractivity contribution is 7.88. The lowest BCUT2D eigenvalue weighted by Crippen LogP contribution is -2.48. The third-order valence-corrected chi connectivity index (χ3v) is 3.73. The Bertz CT molecular complexity index is 322. The van der Waals surface area contributed by atoms with E-state index in [-0.39, 0.29) is 12.6 Å². The molecule has 0 aromatic carbocycles. The summed E-state index contributed by atoms with van der Waals surface area (Å²) >= 11 is 0. The summed E-state index contributed by atoms with van der Waals surface area (Å²) in [5.74, 6) is -0.612. The second kappa shape index (κ2) is 4.91. The molecule has 3 N–H and O–H groups in total. The lowest BCUT2D eigenvalue weighted by atomic mass is 10.1. The summed E-state index contributed by atoms with van der Waals surface area (Å²) in [5, 5.41) is 3.14. The molecular formula is C8H17N3O3S. The first-order chi connectivity index (χ1) is 6.91. The van der Waals surface area contributed by atoms with Gasteiger partial charge in [-0.05, 0) is 25.9 Å². The Hall–Kier alpha value is -0.660. The van der Waals surface area contributed by atoms with Crippen molar-refractivity contribution < 1.29 is 13.2 Å². The number of rotatable bonds is 4. The highest BCUT2D eigenvalue weighted by Crippen LogP contribution is 2.14. The molecule has 7 heteroatoms. The van der Waals surface area contributed by atoms with Crippen LogP contribution in [0.2, 0.25) is 0 Å². The van der Waals surface area contributed by atoms with Crippen LogP contribution in [0.25, 0.3) is 0 Å². The number of amides is 1. The van der Waals surface area contributed by atoms with Gasteiger partial charge in [-0.25, -0.2) is 8.42 Å². The number of primary amides is 1. The first kappa shape index (κ1) is 12.4. The maximum atomic E-state index is 11.5. The van der Waals surface area contributed by atoms with Gasteiger partial charge in [0.2, 0.25) is 15.9 Å². The largest absolute Gasteiger partial charge is 0.369 e. The molecule has 0 spiro atoms. The van der Waals surface area contributed by atoms with Gasteiger partial charge in [0, 0.05) is 6.04 Å². The molecule has 1 heterocycles. The molecule has 1 aliphatic heterocycles. The van der Waals surface area contributed by atoms with E-state index >= 15 is 0 Å². The Morgan fingerprint density at radius 3 is 2.40 bits per heavy atom. The lowest BCUT2D eigenvalue weighted by Gasteiger charge is -2.31. The van der Waals surface area contributed by atoms with Crippen molar-refractivity contribution in [3.63, 3.8) is 0 Å². The van der Waals surface area contributed by atoms with Gasteiger partial charge in [0.15, 0.2) is 0 Å². The van der Waals surface area contributed by atoms with Crippen molar-refractivity contribution in [1.82, 2.24) is 9.62 Å². The minimum Gasteiger partial charge on any atom is -0.369 e. The van der Waals surface area contributed by atoms with Gasteiger partial charge in [-0.2, -0.15) is 4.31 Å². The summed E-state index contributed by atoms with van der Waals surface area (Å²) in [4.78, 5) is 10.8. The first-order valence-electron chi connectivity index (χ1n) is 4.87. The Morgan fingerprint density at radius 2 is 2.00 bits per heavy atom. The van der Waals surface area contributed by atoms with Crippen LogP contribution in [-0.4, -0.2) is 50.6 Å². The summed E-state index contributed by atoms with van der Waals surface area (Å²) in [7, 11) is -3.35. The standard InChI is InChI=1S/C8H17N3O3S/c1-15(13,14)11(6-8(9)12)7-2-4-10-5-3-7/h7,10H,2-6H2,1H3,(H2,9,12). The fraction of sp³-hybridized carbons (Fsp3) is 0.875. The molecule has 15 heavy (non-hydrogen) atoms. The molecule has 0 aromatic heterocycles. The van der Waals surface area contributed by atoms with Crippen LogP contribution >= 0.6 is 0 Å². The average Bonchev–Trinajstić information content (AvgIpc) is 2.14. The predicted molar refractivity (Wildman–Crippen MR) is 56.6 cm³/mol. The minimum atomic E-state index is -3.35. The summed E-state index contributed by atoms with van der Waals surface area (Å²) in [6.07, 6.45) is 2.55. The van der Waals surface area contributed by atoms with E-state index in [0.29, 0.717) is 0 Å². The number of piperidine rings is 1. The molecule has 88 valence electrons. The van der Waals surface area contributed by atoms with Gasteiger partial charge in [-0.3, -0.25) is 4.79 Å². The number of hydrogen-bond donors (Lipinski definition) is 2. The Balaban J connectivity index is 2.75. The lowest BCUT2D eigenvalue weighted by molar-refractivity contribution is -0.118. The van der Waals surface area contributed by atoms with Crippen LogP contribution in [-0.2, 0) is 14.8 Å². The number of nitrogens with one attached hydrogen (secondary N) is 1. The molecule has 0 radical (unpaired) electrons. The van der Waals surface area contributed by atoms with E-state index in [1.165, 1.54) is 4.31 Å². The van der Waals surface area contributed by atoms with Crippen LogP contribution in [0.1, 0.15) is 12.8 Å². The highest BCUT2D eigenvalue weighted by Gasteiger charge is 2.28. The predicted octanol–water partition coefficient (Wildman–Crippen LogP) is -1.51. The van der Waals surface area contributed by atoms with E-state index < -0.39 is 15.9 Å². The quantitative estimate of drug-likeness (QED) is 0.619. The van der Waals surface area contributed by atoms with Gasteiger partial charge >= 0.3 is 0 Å². The molecule has 0 atom stereocenters. The van der Waals surface area contributed by atoms with Crippen molar-refractivity contribution in [2.75, 3.05) is 25.9 Å². The van der Waals surface area contributed by atoms with Gasteiger partial charge in [-0.15, -0.1) is 0 Å². The zero-order valence-corrected chi connectivity index (χ0v) is 9.59. The van der Waals surface area contributed by atoms with Crippen molar-refractivity contribution in [3.8, 4) is 0 Å². The summed E-state index contributed by atoms with van der Waals surface area (Å²) in [6.45, 7) is 1.33. The fourth-order valence-electron chi connectivity index (χ4n) is 1.77. The smallest absolute Gasteiger partial charge is 0.232 e. The van der Waals surface area contributed by atoms with Crippen molar-refractivity contribution >= 4 is 15.9 Å². The van der Waals surface area contributed by atoms with E-state index in [0.717, 1.165) is 32.2 Å².